The van der Waals surface area contributed by atoms with Gasteiger partial charge in [0.1, 0.15) is 0 Å². The van der Waals surface area contributed by atoms with Crippen molar-refractivity contribution in [2.45, 2.75) is 30.6 Å². The van der Waals surface area contributed by atoms with Crippen LogP contribution in [0.5, 0.6) is 0 Å². The molecule has 0 bridgehead atoms. The average molecular weight is 257 g/mol. The third-order valence-electron chi connectivity index (χ3n) is 3.13. The number of anilines is 2. The van der Waals surface area contributed by atoms with Gasteiger partial charge in [0.25, 0.3) is 0 Å². The van der Waals surface area contributed by atoms with Gasteiger partial charge in [-0.2, -0.15) is 11.8 Å². The maximum absolute atomic E-state index is 6.15. The van der Waals surface area contributed by atoms with E-state index in [1.807, 2.05) is 30.0 Å². The predicted octanol–water partition coefficient (Wildman–Crippen LogP) is 3.62. The number of benzene rings is 1. The van der Waals surface area contributed by atoms with Crippen molar-refractivity contribution < 1.29 is 0 Å². The first-order valence-corrected chi connectivity index (χ1v) is 7.22. The highest BCUT2D eigenvalue weighted by Gasteiger charge is 2.27. The van der Waals surface area contributed by atoms with Gasteiger partial charge in [-0.25, -0.2) is 0 Å². The minimum atomic E-state index is 0.497. The maximum atomic E-state index is 6.15. The third kappa shape index (κ3) is 2.41. The number of halogens is 1. The van der Waals surface area contributed by atoms with Gasteiger partial charge >= 0.3 is 0 Å². The van der Waals surface area contributed by atoms with Gasteiger partial charge in [0, 0.05) is 11.3 Å². The monoisotopic (exact) mass is 256 g/mol. The lowest BCUT2D eigenvalue weighted by atomic mass is 10.2. The van der Waals surface area contributed by atoms with Crippen molar-refractivity contribution in [3.05, 3.63) is 23.2 Å². The minimum absolute atomic E-state index is 0.497. The number of hydrogen-bond acceptors (Lipinski definition) is 3. The first-order chi connectivity index (χ1) is 7.72. The van der Waals surface area contributed by atoms with Gasteiger partial charge in [-0.3, -0.25) is 0 Å². The van der Waals surface area contributed by atoms with E-state index in [2.05, 4.69) is 11.6 Å². The van der Waals surface area contributed by atoms with Crippen LogP contribution in [-0.2, 0) is 0 Å². The second-order valence-corrected chi connectivity index (χ2v) is 5.64. The molecular formula is C12H17ClN2S. The van der Waals surface area contributed by atoms with Crippen molar-refractivity contribution in [3.8, 4) is 0 Å². The Morgan fingerprint density at radius 1 is 1.44 bits per heavy atom. The van der Waals surface area contributed by atoms with Crippen molar-refractivity contribution in [1.29, 1.82) is 0 Å². The number of nitrogen functional groups attached to an aromatic ring is 1. The molecule has 3 N–H and O–H groups in total. The molecule has 0 aromatic heterocycles. The molecule has 0 radical (unpaired) electrons. The second-order valence-electron chi connectivity index (χ2n) is 4.16. The van der Waals surface area contributed by atoms with Crippen LogP contribution in [0.2, 0.25) is 5.02 Å². The van der Waals surface area contributed by atoms with Crippen LogP contribution in [0.25, 0.3) is 0 Å². The molecule has 0 amide bonds. The summed E-state index contributed by atoms with van der Waals surface area (Å²) in [5.41, 5.74) is 7.57. The average Bonchev–Trinajstić information content (AvgIpc) is 2.71. The van der Waals surface area contributed by atoms with E-state index in [9.17, 15) is 0 Å². The zero-order valence-electron chi connectivity index (χ0n) is 9.37. The molecule has 2 unspecified atom stereocenters. The molecule has 4 heteroatoms. The van der Waals surface area contributed by atoms with Crippen LogP contribution in [0.1, 0.15) is 19.3 Å². The molecule has 2 atom stereocenters. The number of para-hydroxylation sites is 1. The Morgan fingerprint density at radius 2 is 2.25 bits per heavy atom. The fourth-order valence-electron chi connectivity index (χ4n) is 2.25. The Morgan fingerprint density at radius 3 is 2.94 bits per heavy atom. The van der Waals surface area contributed by atoms with E-state index in [1.54, 1.807) is 0 Å². The van der Waals surface area contributed by atoms with E-state index >= 15 is 0 Å². The molecule has 0 heterocycles. The van der Waals surface area contributed by atoms with Crippen LogP contribution in [0, 0.1) is 0 Å². The molecule has 2 rings (SSSR count). The van der Waals surface area contributed by atoms with E-state index in [0.29, 0.717) is 16.3 Å². The van der Waals surface area contributed by atoms with Gasteiger partial charge in [0.05, 0.1) is 16.4 Å². The van der Waals surface area contributed by atoms with Gasteiger partial charge in [-0.1, -0.05) is 24.1 Å². The molecule has 1 aliphatic rings. The number of nitrogens with two attached hydrogens (primary N) is 1. The summed E-state index contributed by atoms with van der Waals surface area (Å²) in [5, 5.41) is 4.89. The molecule has 0 saturated heterocycles. The van der Waals surface area contributed by atoms with Crippen molar-refractivity contribution in [3.63, 3.8) is 0 Å². The van der Waals surface area contributed by atoms with Crippen molar-refractivity contribution >= 4 is 34.7 Å². The Labute approximate surface area is 106 Å². The van der Waals surface area contributed by atoms with Crippen LogP contribution in [0.15, 0.2) is 18.2 Å². The van der Waals surface area contributed by atoms with E-state index in [0.717, 1.165) is 11.4 Å². The van der Waals surface area contributed by atoms with E-state index < -0.39 is 0 Å². The fourth-order valence-corrected chi connectivity index (χ4v) is 3.42. The first kappa shape index (κ1) is 11.9. The van der Waals surface area contributed by atoms with Gasteiger partial charge in [0.2, 0.25) is 0 Å². The number of nitrogens with one attached hydrogen (secondary N) is 1. The molecule has 1 aromatic carbocycles. The zero-order chi connectivity index (χ0) is 11.5. The molecule has 0 aliphatic heterocycles. The van der Waals surface area contributed by atoms with Crippen molar-refractivity contribution in [1.82, 2.24) is 0 Å². The standard InChI is InChI=1S/C12H17ClN2S/c1-16-11-7-3-6-10(11)15-12-8(13)4-2-5-9(12)14/h2,4-5,10-11,15H,3,6-7,14H2,1H3. The van der Waals surface area contributed by atoms with E-state index in [4.69, 9.17) is 17.3 Å². The Hall–Kier alpha value is -0.540. The third-order valence-corrected chi connectivity index (χ3v) is 4.62. The summed E-state index contributed by atoms with van der Waals surface area (Å²) < 4.78 is 0. The van der Waals surface area contributed by atoms with Gasteiger partial charge in [-0.15, -0.1) is 0 Å². The SMILES string of the molecule is CSC1CCCC1Nc1c(N)cccc1Cl. The number of hydrogen-bond donors (Lipinski definition) is 2. The quantitative estimate of drug-likeness (QED) is 0.812. The highest BCUT2D eigenvalue weighted by atomic mass is 35.5. The summed E-state index contributed by atoms with van der Waals surface area (Å²) in [7, 11) is 0. The largest absolute Gasteiger partial charge is 0.397 e. The minimum Gasteiger partial charge on any atom is -0.397 e. The fraction of sp³-hybridized carbons (Fsp3) is 0.500. The molecule has 1 aromatic rings. The van der Waals surface area contributed by atoms with Crippen LogP contribution in [0.3, 0.4) is 0 Å². The Kier molecular flexibility index (Phi) is 3.87. The van der Waals surface area contributed by atoms with Crippen LogP contribution in [0.4, 0.5) is 11.4 Å². The molecular weight excluding hydrogens is 240 g/mol. The molecule has 1 aliphatic carbocycles. The molecule has 2 nitrogen and oxygen atoms in total. The highest BCUT2D eigenvalue weighted by molar-refractivity contribution is 7.99. The van der Waals surface area contributed by atoms with Crippen molar-refractivity contribution in [2.24, 2.45) is 0 Å². The molecule has 88 valence electrons. The number of rotatable bonds is 3. The normalized spacial score (nSPS) is 24.6. The first-order valence-electron chi connectivity index (χ1n) is 5.55. The Bertz CT molecular complexity index is 350. The Balaban J connectivity index is 2.14. The van der Waals surface area contributed by atoms with Crippen LogP contribution < -0.4 is 11.1 Å². The summed E-state index contributed by atoms with van der Waals surface area (Å²) >= 11 is 8.07. The van der Waals surface area contributed by atoms with E-state index in [1.165, 1.54) is 19.3 Å². The summed E-state index contributed by atoms with van der Waals surface area (Å²) in [6.07, 6.45) is 5.94. The van der Waals surface area contributed by atoms with E-state index in [-0.39, 0.29) is 0 Å². The van der Waals surface area contributed by atoms with Gasteiger partial charge in [0.15, 0.2) is 0 Å². The summed E-state index contributed by atoms with van der Waals surface area (Å²) in [6.45, 7) is 0. The molecule has 1 fully saturated rings. The predicted molar refractivity (Wildman–Crippen MR) is 74.4 cm³/mol. The lowest BCUT2D eigenvalue weighted by molar-refractivity contribution is 0.769. The summed E-state index contributed by atoms with van der Waals surface area (Å²) in [6, 6.07) is 6.14. The summed E-state index contributed by atoms with van der Waals surface area (Å²) in [4.78, 5) is 0. The smallest absolute Gasteiger partial charge is 0.0765 e. The van der Waals surface area contributed by atoms with Crippen LogP contribution in [-0.4, -0.2) is 17.5 Å². The zero-order valence-corrected chi connectivity index (χ0v) is 10.9. The van der Waals surface area contributed by atoms with Crippen molar-refractivity contribution in [2.75, 3.05) is 17.3 Å². The highest BCUT2D eigenvalue weighted by Crippen LogP contribution is 2.35. The number of thioether (sulfide) groups is 1. The molecule has 0 spiro atoms. The lowest BCUT2D eigenvalue weighted by Gasteiger charge is -2.22. The van der Waals surface area contributed by atoms with Gasteiger partial charge < -0.3 is 11.1 Å². The molecule has 1 saturated carbocycles. The topological polar surface area (TPSA) is 38.0 Å². The molecule has 16 heavy (non-hydrogen) atoms. The second kappa shape index (κ2) is 5.19. The maximum Gasteiger partial charge on any atom is 0.0765 e. The summed E-state index contributed by atoms with van der Waals surface area (Å²) in [5.74, 6) is 0. The lowest BCUT2D eigenvalue weighted by Crippen LogP contribution is -2.26. The van der Waals surface area contributed by atoms with Gasteiger partial charge in [-0.05, 0) is 31.2 Å². The van der Waals surface area contributed by atoms with Crippen LogP contribution >= 0.6 is 23.4 Å².